The topological polar surface area (TPSA) is 29.5 Å². The molecule has 0 atom stereocenters. The Hall–Kier alpha value is -0.570. The van der Waals surface area contributed by atoms with Crippen LogP contribution < -0.4 is 0 Å². The lowest BCUT2D eigenvalue weighted by Gasteiger charge is -2.08. The van der Waals surface area contributed by atoms with Crippen LogP contribution >= 0.6 is 0 Å². The highest BCUT2D eigenvalue weighted by Crippen LogP contribution is 2.12. The molecule has 0 spiro atoms. The van der Waals surface area contributed by atoms with Gasteiger partial charge in [0.05, 0.1) is 6.61 Å². The Bertz CT molecular complexity index is 207. The Balaban J connectivity index is 2.95. The van der Waals surface area contributed by atoms with Crippen molar-refractivity contribution in [2.45, 2.75) is 83.5 Å². The molecule has 0 heterocycles. The van der Waals surface area contributed by atoms with Crippen molar-refractivity contribution >= 4 is 6.47 Å². The van der Waals surface area contributed by atoms with Gasteiger partial charge in [-0.05, 0) is 33.5 Å². The van der Waals surface area contributed by atoms with Crippen LogP contribution in [0, 0.1) is 0 Å². The first-order valence-electron chi connectivity index (χ1n) is 8.97. The summed E-state index contributed by atoms with van der Waals surface area (Å²) >= 11 is 0. The van der Waals surface area contributed by atoms with Gasteiger partial charge in [-0.3, -0.25) is 4.79 Å². The van der Waals surface area contributed by atoms with Gasteiger partial charge in [0.1, 0.15) is 0 Å². The Morgan fingerprint density at radius 3 is 1.43 bits per heavy atom. The fourth-order valence-corrected chi connectivity index (χ4v) is 2.61. The lowest BCUT2D eigenvalue weighted by molar-refractivity contribution is -0.128. The van der Waals surface area contributed by atoms with E-state index in [2.05, 4.69) is 23.7 Å². The normalized spacial score (nSPS) is 11.0. The highest BCUT2D eigenvalue weighted by molar-refractivity contribution is 5.36. The maximum absolute atomic E-state index is 9.94. The van der Waals surface area contributed by atoms with Gasteiger partial charge in [0.2, 0.25) is 0 Å². The van der Waals surface area contributed by atoms with E-state index < -0.39 is 0 Å². The van der Waals surface area contributed by atoms with Crippen molar-refractivity contribution < 1.29 is 9.53 Å². The van der Waals surface area contributed by atoms with Crippen molar-refractivity contribution in [1.82, 2.24) is 4.90 Å². The van der Waals surface area contributed by atoms with E-state index in [1.807, 2.05) is 0 Å². The van der Waals surface area contributed by atoms with Crippen molar-refractivity contribution in [3.8, 4) is 0 Å². The minimum Gasteiger partial charge on any atom is -0.468 e. The number of hydrogen-bond acceptors (Lipinski definition) is 3. The Morgan fingerprint density at radius 2 is 1.05 bits per heavy atom. The molecule has 0 radical (unpaired) electrons. The summed E-state index contributed by atoms with van der Waals surface area (Å²) in [7, 11) is 4.30. The van der Waals surface area contributed by atoms with E-state index >= 15 is 0 Å². The highest BCUT2D eigenvalue weighted by atomic mass is 16.5. The van der Waals surface area contributed by atoms with Gasteiger partial charge in [-0.25, -0.2) is 0 Å². The summed E-state index contributed by atoms with van der Waals surface area (Å²) in [5.41, 5.74) is 0. The van der Waals surface area contributed by atoms with Crippen LogP contribution in [0.5, 0.6) is 0 Å². The SMILES string of the molecule is CN(C)CCCCCCCCCCCCCCCOC=O. The third-order valence-electron chi connectivity index (χ3n) is 3.94. The Morgan fingerprint density at radius 1 is 0.667 bits per heavy atom. The molecule has 0 rings (SSSR count). The predicted molar refractivity (Wildman–Crippen MR) is 90.6 cm³/mol. The first-order valence-corrected chi connectivity index (χ1v) is 8.97. The van der Waals surface area contributed by atoms with Crippen molar-refractivity contribution in [3.05, 3.63) is 0 Å². The van der Waals surface area contributed by atoms with Crippen LogP contribution in [0.4, 0.5) is 0 Å². The van der Waals surface area contributed by atoms with Gasteiger partial charge >= 0.3 is 0 Å². The van der Waals surface area contributed by atoms with Crippen molar-refractivity contribution in [3.63, 3.8) is 0 Å². The van der Waals surface area contributed by atoms with Crippen LogP contribution in [-0.2, 0) is 9.53 Å². The average molecular weight is 299 g/mol. The number of carbonyl (C=O) groups excluding carboxylic acids is 1. The predicted octanol–water partition coefficient (Wildman–Crippen LogP) is 4.79. The monoisotopic (exact) mass is 299 g/mol. The molecule has 0 aliphatic heterocycles. The van der Waals surface area contributed by atoms with E-state index in [9.17, 15) is 4.79 Å². The summed E-state index contributed by atoms with van der Waals surface area (Å²) in [6.07, 6.45) is 17.4. The zero-order chi connectivity index (χ0) is 15.6. The van der Waals surface area contributed by atoms with E-state index in [1.54, 1.807) is 0 Å². The zero-order valence-electron chi connectivity index (χ0n) is 14.4. The molecular weight excluding hydrogens is 262 g/mol. The van der Waals surface area contributed by atoms with Gasteiger partial charge in [0.15, 0.2) is 0 Å². The Kier molecular flexibility index (Phi) is 17.0. The van der Waals surface area contributed by atoms with E-state index in [0.29, 0.717) is 13.1 Å². The molecule has 0 aliphatic rings. The first kappa shape index (κ1) is 20.4. The quantitative estimate of drug-likeness (QED) is 0.285. The maximum Gasteiger partial charge on any atom is 0.293 e. The molecule has 0 aromatic heterocycles. The fraction of sp³-hybridized carbons (Fsp3) is 0.944. The molecule has 0 aromatic rings. The molecule has 0 aromatic carbocycles. The molecule has 21 heavy (non-hydrogen) atoms. The fourth-order valence-electron chi connectivity index (χ4n) is 2.61. The molecule has 0 amide bonds. The second-order valence-electron chi connectivity index (χ2n) is 6.37. The third-order valence-corrected chi connectivity index (χ3v) is 3.94. The Labute approximate surface area is 132 Å². The van der Waals surface area contributed by atoms with Gasteiger partial charge in [0, 0.05) is 0 Å². The minimum absolute atomic E-state index is 0.544. The molecule has 0 bridgehead atoms. The molecule has 0 unspecified atom stereocenters. The number of nitrogens with zero attached hydrogens (tertiary/aromatic N) is 1. The summed E-state index contributed by atoms with van der Waals surface area (Å²) in [5, 5.41) is 0. The number of unbranched alkanes of at least 4 members (excludes halogenated alkanes) is 12. The third kappa shape index (κ3) is 19.4. The summed E-state index contributed by atoms with van der Waals surface area (Å²) < 4.78 is 4.67. The van der Waals surface area contributed by atoms with Gasteiger partial charge < -0.3 is 9.64 Å². The van der Waals surface area contributed by atoms with E-state index in [-0.39, 0.29) is 0 Å². The van der Waals surface area contributed by atoms with Gasteiger partial charge in [0.25, 0.3) is 6.47 Å². The van der Waals surface area contributed by atoms with Gasteiger partial charge in [-0.2, -0.15) is 0 Å². The number of carbonyl (C=O) groups is 1. The lowest BCUT2D eigenvalue weighted by Crippen LogP contribution is -2.12. The second-order valence-corrected chi connectivity index (χ2v) is 6.37. The number of hydrogen-bond donors (Lipinski definition) is 0. The van der Waals surface area contributed by atoms with Gasteiger partial charge in [-0.1, -0.05) is 70.6 Å². The average Bonchev–Trinajstić information content (AvgIpc) is 2.46. The van der Waals surface area contributed by atoms with Gasteiger partial charge in [-0.15, -0.1) is 0 Å². The molecule has 3 heteroatoms. The smallest absolute Gasteiger partial charge is 0.293 e. The summed E-state index contributed by atoms with van der Waals surface area (Å²) in [5.74, 6) is 0. The summed E-state index contributed by atoms with van der Waals surface area (Å²) in [6.45, 7) is 2.38. The van der Waals surface area contributed by atoms with Crippen LogP contribution in [0.15, 0.2) is 0 Å². The molecule has 0 saturated carbocycles. The minimum atomic E-state index is 0.544. The molecular formula is C18H37NO2. The van der Waals surface area contributed by atoms with Crippen LogP contribution in [0.3, 0.4) is 0 Å². The van der Waals surface area contributed by atoms with Crippen LogP contribution in [0.25, 0.3) is 0 Å². The first-order chi connectivity index (χ1) is 10.3. The van der Waals surface area contributed by atoms with Crippen LogP contribution in [-0.4, -0.2) is 38.6 Å². The maximum atomic E-state index is 9.94. The molecule has 126 valence electrons. The lowest BCUT2D eigenvalue weighted by atomic mass is 10.0. The molecule has 0 aliphatic carbocycles. The van der Waals surface area contributed by atoms with E-state index in [1.165, 1.54) is 83.6 Å². The molecule has 0 N–H and O–H groups in total. The van der Waals surface area contributed by atoms with Crippen molar-refractivity contribution in [2.75, 3.05) is 27.2 Å². The molecule has 0 fully saturated rings. The van der Waals surface area contributed by atoms with E-state index in [0.717, 1.165) is 6.42 Å². The standard InChI is InChI=1S/C18H37NO2/c1-19(2)16-14-12-10-8-6-4-3-5-7-9-11-13-15-17-21-18-20/h18H,3-17H2,1-2H3. The number of ether oxygens (including phenoxy) is 1. The molecule has 0 saturated heterocycles. The second kappa shape index (κ2) is 17.5. The van der Waals surface area contributed by atoms with Crippen LogP contribution in [0.2, 0.25) is 0 Å². The highest BCUT2D eigenvalue weighted by Gasteiger charge is 1.95. The zero-order valence-corrected chi connectivity index (χ0v) is 14.4. The van der Waals surface area contributed by atoms with Crippen molar-refractivity contribution in [2.24, 2.45) is 0 Å². The van der Waals surface area contributed by atoms with Crippen LogP contribution in [0.1, 0.15) is 83.5 Å². The summed E-state index contributed by atoms with van der Waals surface area (Å²) in [4.78, 5) is 12.2. The molecule has 3 nitrogen and oxygen atoms in total. The largest absolute Gasteiger partial charge is 0.468 e. The summed E-state index contributed by atoms with van der Waals surface area (Å²) in [6, 6.07) is 0. The van der Waals surface area contributed by atoms with Crippen molar-refractivity contribution in [1.29, 1.82) is 0 Å². The van der Waals surface area contributed by atoms with E-state index in [4.69, 9.17) is 0 Å². The number of rotatable bonds is 17.